The van der Waals surface area contributed by atoms with Gasteiger partial charge in [0, 0.05) is 18.5 Å². The summed E-state index contributed by atoms with van der Waals surface area (Å²) in [6.45, 7) is 2.43. The average molecular weight is 355 g/mol. The number of para-hydroxylation sites is 1. The molecule has 3 N–H and O–H groups in total. The summed E-state index contributed by atoms with van der Waals surface area (Å²) in [5.74, 6) is -2.02. The van der Waals surface area contributed by atoms with E-state index in [0.717, 1.165) is 11.1 Å². The molecule has 0 fully saturated rings. The highest BCUT2D eigenvalue weighted by atomic mass is 16.4. The monoisotopic (exact) mass is 355 g/mol. The molecule has 0 amide bonds. The summed E-state index contributed by atoms with van der Waals surface area (Å²) in [6, 6.07) is 11.7. The number of carboxylic acid groups (broad SMARTS) is 2. The largest absolute Gasteiger partial charge is 0.508 e. The van der Waals surface area contributed by atoms with E-state index >= 15 is 0 Å². The van der Waals surface area contributed by atoms with Crippen molar-refractivity contribution < 1.29 is 24.9 Å². The van der Waals surface area contributed by atoms with Crippen molar-refractivity contribution in [3.8, 4) is 5.75 Å². The maximum atomic E-state index is 11.8. The minimum Gasteiger partial charge on any atom is -0.508 e. The van der Waals surface area contributed by atoms with Crippen LogP contribution in [0.25, 0.3) is 0 Å². The molecule has 26 heavy (non-hydrogen) atoms. The van der Waals surface area contributed by atoms with Crippen molar-refractivity contribution in [2.45, 2.75) is 38.3 Å². The van der Waals surface area contributed by atoms with Gasteiger partial charge in [-0.2, -0.15) is 0 Å². The zero-order valence-corrected chi connectivity index (χ0v) is 14.4. The number of aromatic carboxylic acids is 1. The maximum absolute atomic E-state index is 11.8. The summed E-state index contributed by atoms with van der Waals surface area (Å²) in [7, 11) is 0. The van der Waals surface area contributed by atoms with Gasteiger partial charge in [0.1, 0.15) is 5.75 Å². The number of carboxylic acids is 2. The number of aliphatic carboxylic acids is 1. The highest BCUT2D eigenvalue weighted by Crippen LogP contribution is 2.46. The summed E-state index contributed by atoms with van der Waals surface area (Å²) in [4.78, 5) is 25.1. The number of phenols is 1. The number of benzene rings is 2. The van der Waals surface area contributed by atoms with E-state index in [1.165, 1.54) is 0 Å². The number of phenolic OH excluding ortho intramolecular Hbond substituents is 1. The third-order valence-corrected chi connectivity index (χ3v) is 4.95. The predicted molar refractivity (Wildman–Crippen MR) is 96.8 cm³/mol. The van der Waals surface area contributed by atoms with Crippen molar-refractivity contribution in [3.05, 3.63) is 59.2 Å². The van der Waals surface area contributed by atoms with Crippen LogP contribution in [0.2, 0.25) is 0 Å². The van der Waals surface area contributed by atoms with E-state index in [1.807, 2.05) is 17.9 Å². The van der Waals surface area contributed by atoms with Gasteiger partial charge >= 0.3 is 11.9 Å². The Labute approximate surface area is 151 Å². The fraction of sp³-hybridized carbons (Fsp3) is 0.300. The van der Waals surface area contributed by atoms with Gasteiger partial charge in [0.2, 0.25) is 0 Å². The highest BCUT2D eigenvalue weighted by Gasteiger charge is 2.40. The fourth-order valence-corrected chi connectivity index (χ4v) is 3.88. The first-order valence-corrected chi connectivity index (χ1v) is 8.55. The number of carbonyl (C=O) groups is 2. The lowest BCUT2D eigenvalue weighted by atomic mass is 9.89. The van der Waals surface area contributed by atoms with Crippen molar-refractivity contribution in [2.24, 2.45) is 0 Å². The molecule has 0 spiro atoms. The second kappa shape index (κ2) is 7.07. The quantitative estimate of drug-likeness (QED) is 0.734. The van der Waals surface area contributed by atoms with E-state index in [-0.39, 0.29) is 29.7 Å². The van der Waals surface area contributed by atoms with E-state index in [4.69, 9.17) is 0 Å². The van der Waals surface area contributed by atoms with Crippen molar-refractivity contribution in [3.63, 3.8) is 0 Å². The first kappa shape index (κ1) is 17.8. The predicted octanol–water partition coefficient (Wildman–Crippen LogP) is 3.45. The smallest absolute Gasteiger partial charge is 0.337 e. The topological polar surface area (TPSA) is 98.1 Å². The highest BCUT2D eigenvalue weighted by molar-refractivity contribution is 5.96. The molecule has 0 saturated heterocycles. The van der Waals surface area contributed by atoms with Crippen LogP contribution in [0, 0.1) is 0 Å². The normalized spacial score (nSPS) is 18.6. The first-order valence-electron chi connectivity index (χ1n) is 8.55. The number of rotatable bonds is 6. The molecule has 2 aromatic carbocycles. The van der Waals surface area contributed by atoms with E-state index in [1.54, 1.807) is 36.4 Å². The molecule has 1 heterocycles. The Morgan fingerprint density at radius 1 is 1.08 bits per heavy atom. The summed E-state index contributed by atoms with van der Waals surface area (Å²) in [5.41, 5.74) is 2.49. The van der Waals surface area contributed by atoms with E-state index < -0.39 is 11.9 Å². The molecule has 0 radical (unpaired) electrons. The summed E-state index contributed by atoms with van der Waals surface area (Å²) in [6.07, 6.45) is 0.657. The molecule has 0 aromatic heterocycles. The Bertz CT molecular complexity index is 831. The first-order chi connectivity index (χ1) is 12.4. The van der Waals surface area contributed by atoms with Crippen LogP contribution in [0.5, 0.6) is 5.75 Å². The van der Waals surface area contributed by atoms with Gasteiger partial charge in [-0.05, 0) is 35.7 Å². The maximum Gasteiger partial charge on any atom is 0.337 e. The van der Waals surface area contributed by atoms with Crippen LogP contribution in [-0.2, 0) is 11.3 Å². The summed E-state index contributed by atoms with van der Waals surface area (Å²) < 4.78 is 0. The van der Waals surface area contributed by atoms with E-state index in [2.05, 4.69) is 0 Å². The minimum atomic E-state index is -1.02. The van der Waals surface area contributed by atoms with Crippen molar-refractivity contribution in [1.29, 1.82) is 0 Å². The van der Waals surface area contributed by atoms with Crippen LogP contribution >= 0.6 is 0 Å². The molecule has 6 nitrogen and oxygen atoms in total. The number of hydrogen-bond donors (Lipinski definition) is 3. The Balaban J connectivity index is 2.09. The standard InChI is InChI=1S/C20H21NO5/c1-2-17-16(10-18(23)24)14-4-3-5-15(20(25)26)19(14)21(17)11-12-6-8-13(22)9-7-12/h3-9,16-17,22H,2,10-11H2,1H3,(H,23,24)(H,25,26). The molecular formula is C20H21NO5. The van der Waals surface area contributed by atoms with Gasteiger partial charge in [0.25, 0.3) is 0 Å². The molecule has 0 aliphatic carbocycles. The zero-order chi connectivity index (χ0) is 18.8. The lowest BCUT2D eigenvalue weighted by molar-refractivity contribution is -0.137. The van der Waals surface area contributed by atoms with Crippen molar-refractivity contribution in [1.82, 2.24) is 0 Å². The van der Waals surface area contributed by atoms with Crippen LogP contribution in [0.3, 0.4) is 0 Å². The van der Waals surface area contributed by atoms with Crippen LogP contribution in [-0.4, -0.2) is 33.3 Å². The second-order valence-electron chi connectivity index (χ2n) is 6.52. The van der Waals surface area contributed by atoms with Crippen LogP contribution in [0.15, 0.2) is 42.5 Å². The number of aromatic hydroxyl groups is 1. The van der Waals surface area contributed by atoms with Crippen molar-refractivity contribution >= 4 is 17.6 Å². The molecule has 136 valence electrons. The Kier molecular flexibility index (Phi) is 4.84. The third kappa shape index (κ3) is 3.22. The Hall–Kier alpha value is -3.02. The van der Waals surface area contributed by atoms with Gasteiger partial charge in [-0.3, -0.25) is 4.79 Å². The number of hydrogen-bond acceptors (Lipinski definition) is 4. The number of fused-ring (bicyclic) bond motifs is 1. The summed E-state index contributed by atoms with van der Waals surface area (Å²) in [5, 5.41) is 28.4. The SMILES string of the molecule is CCC1C(CC(=O)O)c2cccc(C(=O)O)c2N1Cc1ccc(O)cc1. The average Bonchev–Trinajstić information content (AvgIpc) is 2.89. The van der Waals surface area contributed by atoms with Gasteiger partial charge in [-0.15, -0.1) is 0 Å². The van der Waals surface area contributed by atoms with Gasteiger partial charge in [-0.1, -0.05) is 31.2 Å². The molecule has 3 rings (SSSR count). The molecule has 2 atom stereocenters. The molecule has 1 aliphatic heterocycles. The van der Waals surface area contributed by atoms with E-state index in [0.29, 0.717) is 18.7 Å². The minimum absolute atomic E-state index is 0.0410. The van der Waals surface area contributed by atoms with Crippen molar-refractivity contribution in [2.75, 3.05) is 4.90 Å². The Morgan fingerprint density at radius 2 is 1.77 bits per heavy atom. The zero-order valence-electron chi connectivity index (χ0n) is 14.4. The lowest BCUT2D eigenvalue weighted by Crippen LogP contribution is -2.34. The van der Waals surface area contributed by atoms with Gasteiger partial charge < -0.3 is 20.2 Å². The Morgan fingerprint density at radius 3 is 2.35 bits per heavy atom. The van der Waals surface area contributed by atoms with Gasteiger partial charge in [0.15, 0.2) is 0 Å². The second-order valence-corrected chi connectivity index (χ2v) is 6.52. The van der Waals surface area contributed by atoms with Crippen LogP contribution in [0.4, 0.5) is 5.69 Å². The van der Waals surface area contributed by atoms with Crippen LogP contribution in [0.1, 0.15) is 47.2 Å². The molecule has 1 aliphatic rings. The molecule has 6 heteroatoms. The van der Waals surface area contributed by atoms with E-state index in [9.17, 15) is 24.9 Å². The molecule has 2 aromatic rings. The summed E-state index contributed by atoms with van der Waals surface area (Å²) >= 11 is 0. The molecule has 0 saturated carbocycles. The molecule has 2 unspecified atom stereocenters. The van der Waals surface area contributed by atoms with Crippen LogP contribution < -0.4 is 4.90 Å². The van der Waals surface area contributed by atoms with Gasteiger partial charge in [0.05, 0.1) is 17.7 Å². The fourth-order valence-electron chi connectivity index (χ4n) is 3.88. The van der Waals surface area contributed by atoms with Gasteiger partial charge in [-0.25, -0.2) is 4.79 Å². The molecule has 0 bridgehead atoms. The number of nitrogens with zero attached hydrogens (tertiary/aromatic N) is 1. The number of anilines is 1. The lowest BCUT2D eigenvalue weighted by Gasteiger charge is -2.30. The molecular weight excluding hydrogens is 334 g/mol. The third-order valence-electron chi connectivity index (χ3n) is 4.95.